The Morgan fingerprint density at radius 2 is 1.21 bits per heavy atom. The predicted octanol–water partition coefficient (Wildman–Crippen LogP) is 1.09. The molecule has 14 heavy (non-hydrogen) atoms. The average Bonchev–Trinajstić information content (AvgIpc) is 2.23. The van der Waals surface area contributed by atoms with E-state index < -0.39 is 6.10 Å². The van der Waals surface area contributed by atoms with Crippen molar-refractivity contribution in [1.82, 2.24) is 0 Å². The summed E-state index contributed by atoms with van der Waals surface area (Å²) in [4.78, 5) is 0. The first-order valence-corrected chi connectivity index (χ1v) is 5.64. The van der Waals surface area contributed by atoms with Crippen molar-refractivity contribution in [3.05, 3.63) is 0 Å². The summed E-state index contributed by atoms with van der Waals surface area (Å²) in [5.74, 6) is 0.639. The second-order valence-corrected chi connectivity index (χ2v) is 4.42. The maximum atomic E-state index is 9.94. The third-order valence-electron chi connectivity index (χ3n) is 3.39. The molecule has 0 saturated carbocycles. The van der Waals surface area contributed by atoms with Gasteiger partial charge in [0.15, 0.2) is 0 Å². The number of hydrogen-bond acceptors (Lipinski definition) is 3. The molecule has 0 aliphatic carbocycles. The van der Waals surface area contributed by atoms with Crippen molar-refractivity contribution in [3.8, 4) is 0 Å². The average molecular weight is 202 g/mol. The van der Waals surface area contributed by atoms with Gasteiger partial charge in [-0.1, -0.05) is 40.5 Å². The number of hydrogen-bond donors (Lipinski definition) is 3. The second kappa shape index (κ2) is 6.38. The molecule has 0 amide bonds. The van der Waals surface area contributed by atoms with Crippen molar-refractivity contribution in [1.29, 1.82) is 0 Å². The third kappa shape index (κ3) is 3.56. The molecule has 0 radical (unpaired) electrons. The first-order valence-electron chi connectivity index (χ1n) is 5.64. The molecule has 0 bridgehead atoms. The van der Waals surface area contributed by atoms with E-state index in [1.54, 1.807) is 0 Å². The fraction of sp³-hybridized carbons (Fsp3) is 1.00. The highest BCUT2D eigenvalue weighted by atomic mass is 16.3. The van der Waals surface area contributed by atoms with Gasteiger partial charge in [-0.3, -0.25) is 0 Å². The van der Waals surface area contributed by atoms with Crippen LogP contribution in [0.2, 0.25) is 0 Å². The summed E-state index contributed by atoms with van der Waals surface area (Å²) < 4.78 is 0. The van der Waals surface area contributed by atoms with Gasteiger partial charge >= 0.3 is 0 Å². The molecule has 0 aliphatic heterocycles. The standard InChI is InChI=1S/C11H26N2O/c1-5-7(3)9(12)11(14)10(13)8(4)6-2/h7-11,14H,5-6,12-13H2,1-4H3/t7-,8?,9-,10-,11?/m0/s1. The maximum Gasteiger partial charge on any atom is 0.0846 e. The lowest BCUT2D eigenvalue weighted by atomic mass is 9.86. The molecule has 0 aromatic carbocycles. The van der Waals surface area contributed by atoms with Crippen LogP contribution < -0.4 is 11.5 Å². The Kier molecular flexibility index (Phi) is 6.33. The Balaban J connectivity index is 4.22. The lowest BCUT2D eigenvalue weighted by molar-refractivity contribution is 0.0749. The zero-order valence-corrected chi connectivity index (χ0v) is 9.90. The van der Waals surface area contributed by atoms with Gasteiger partial charge in [-0.25, -0.2) is 0 Å². The topological polar surface area (TPSA) is 72.3 Å². The Bertz CT molecular complexity index is 136. The summed E-state index contributed by atoms with van der Waals surface area (Å²) >= 11 is 0. The van der Waals surface area contributed by atoms with Gasteiger partial charge in [0.2, 0.25) is 0 Å². The van der Waals surface area contributed by atoms with Crippen LogP contribution in [0.3, 0.4) is 0 Å². The fourth-order valence-corrected chi connectivity index (χ4v) is 1.47. The van der Waals surface area contributed by atoms with Crippen molar-refractivity contribution < 1.29 is 5.11 Å². The zero-order valence-electron chi connectivity index (χ0n) is 9.90. The highest BCUT2D eigenvalue weighted by Crippen LogP contribution is 2.16. The second-order valence-electron chi connectivity index (χ2n) is 4.42. The van der Waals surface area contributed by atoms with Gasteiger partial charge in [0.05, 0.1) is 6.10 Å². The summed E-state index contributed by atoms with van der Waals surface area (Å²) in [6, 6.07) is -0.409. The van der Waals surface area contributed by atoms with Crippen molar-refractivity contribution >= 4 is 0 Å². The number of aliphatic hydroxyl groups excluding tert-OH is 1. The Labute approximate surface area is 87.9 Å². The molecule has 0 aromatic heterocycles. The Hall–Kier alpha value is -0.120. The molecule has 2 unspecified atom stereocenters. The first-order chi connectivity index (χ1) is 6.45. The summed E-state index contributed by atoms with van der Waals surface area (Å²) in [7, 11) is 0. The van der Waals surface area contributed by atoms with Crippen molar-refractivity contribution in [2.24, 2.45) is 23.3 Å². The summed E-state index contributed by atoms with van der Waals surface area (Å²) in [5.41, 5.74) is 11.9. The van der Waals surface area contributed by atoms with E-state index in [9.17, 15) is 5.11 Å². The van der Waals surface area contributed by atoms with E-state index in [1.165, 1.54) is 0 Å². The molecule has 0 rings (SSSR count). The van der Waals surface area contributed by atoms with Crippen LogP contribution in [0.5, 0.6) is 0 Å². The molecule has 0 aromatic rings. The van der Waals surface area contributed by atoms with Crippen LogP contribution in [-0.4, -0.2) is 23.3 Å². The first kappa shape index (κ1) is 13.9. The van der Waals surface area contributed by atoms with Gasteiger partial charge in [0.1, 0.15) is 0 Å². The maximum absolute atomic E-state index is 9.94. The minimum absolute atomic E-state index is 0.205. The summed E-state index contributed by atoms with van der Waals surface area (Å²) in [6.45, 7) is 8.26. The van der Waals surface area contributed by atoms with Gasteiger partial charge in [-0.2, -0.15) is 0 Å². The van der Waals surface area contributed by atoms with E-state index in [0.717, 1.165) is 12.8 Å². The summed E-state index contributed by atoms with van der Waals surface area (Å²) in [6.07, 6.45) is 1.37. The summed E-state index contributed by atoms with van der Waals surface area (Å²) in [5, 5.41) is 9.94. The quantitative estimate of drug-likeness (QED) is 0.604. The van der Waals surface area contributed by atoms with E-state index >= 15 is 0 Å². The Morgan fingerprint density at radius 1 is 0.929 bits per heavy atom. The minimum Gasteiger partial charge on any atom is -0.390 e. The molecule has 3 nitrogen and oxygen atoms in total. The van der Waals surface area contributed by atoms with Crippen LogP contribution >= 0.6 is 0 Å². The molecule has 0 fully saturated rings. The minimum atomic E-state index is -0.583. The highest BCUT2D eigenvalue weighted by Gasteiger charge is 2.28. The largest absolute Gasteiger partial charge is 0.390 e. The van der Waals surface area contributed by atoms with Gasteiger partial charge in [-0.15, -0.1) is 0 Å². The van der Waals surface area contributed by atoms with Crippen LogP contribution in [0.1, 0.15) is 40.5 Å². The number of nitrogens with two attached hydrogens (primary N) is 2. The number of aliphatic hydroxyl groups is 1. The van der Waals surface area contributed by atoms with Crippen LogP contribution in [0, 0.1) is 11.8 Å². The van der Waals surface area contributed by atoms with Gasteiger partial charge in [0.25, 0.3) is 0 Å². The van der Waals surface area contributed by atoms with Crippen LogP contribution in [0.25, 0.3) is 0 Å². The van der Waals surface area contributed by atoms with Crippen molar-refractivity contribution in [3.63, 3.8) is 0 Å². The SMILES string of the molecule is CCC(C)[C@H](N)C(O)[C@@H](N)[C@@H](C)CC. The van der Waals surface area contributed by atoms with Crippen molar-refractivity contribution in [2.75, 3.05) is 0 Å². The molecule has 5 N–H and O–H groups in total. The molecule has 0 spiro atoms. The van der Waals surface area contributed by atoms with Crippen LogP contribution in [0.4, 0.5) is 0 Å². The third-order valence-corrected chi connectivity index (χ3v) is 3.39. The molecule has 86 valence electrons. The lowest BCUT2D eigenvalue weighted by Gasteiger charge is -2.31. The number of rotatable bonds is 6. The fourth-order valence-electron chi connectivity index (χ4n) is 1.47. The van der Waals surface area contributed by atoms with Gasteiger partial charge < -0.3 is 16.6 Å². The smallest absolute Gasteiger partial charge is 0.0846 e. The molecule has 3 heteroatoms. The molecule has 0 aliphatic rings. The molecule has 0 saturated heterocycles. The van der Waals surface area contributed by atoms with Crippen molar-refractivity contribution in [2.45, 2.75) is 58.7 Å². The monoisotopic (exact) mass is 202 g/mol. The lowest BCUT2D eigenvalue weighted by Crippen LogP contribution is -2.52. The molecular weight excluding hydrogens is 176 g/mol. The van der Waals surface area contributed by atoms with E-state index in [1.807, 2.05) is 0 Å². The molecule has 0 heterocycles. The van der Waals surface area contributed by atoms with E-state index in [4.69, 9.17) is 11.5 Å². The predicted molar refractivity (Wildman–Crippen MR) is 60.9 cm³/mol. The van der Waals surface area contributed by atoms with Crippen LogP contribution in [-0.2, 0) is 0 Å². The normalized spacial score (nSPS) is 22.5. The van der Waals surface area contributed by atoms with Gasteiger partial charge in [0, 0.05) is 12.1 Å². The van der Waals surface area contributed by atoms with E-state index in [-0.39, 0.29) is 12.1 Å². The highest BCUT2D eigenvalue weighted by molar-refractivity contribution is 4.86. The van der Waals surface area contributed by atoms with Gasteiger partial charge in [-0.05, 0) is 11.8 Å². The molecule has 5 atom stereocenters. The van der Waals surface area contributed by atoms with Crippen LogP contribution in [0.15, 0.2) is 0 Å². The Morgan fingerprint density at radius 3 is 1.43 bits per heavy atom. The molecular formula is C11H26N2O. The zero-order chi connectivity index (χ0) is 11.3. The van der Waals surface area contributed by atoms with E-state index in [2.05, 4.69) is 27.7 Å². The van der Waals surface area contributed by atoms with E-state index in [0.29, 0.717) is 11.8 Å².